The van der Waals surface area contributed by atoms with Crippen LogP contribution in [-0.2, 0) is 0 Å². The molecule has 1 aromatic carbocycles. The van der Waals surface area contributed by atoms with E-state index < -0.39 is 0 Å². The molecule has 0 aromatic heterocycles. The topological polar surface area (TPSA) is 24.5 Å². The molecule has 1 fully saturated rings. The number of likely N-dealkylation sites (tertiary alicyclic amines) is 1. The minimum absolute atomic E-state index is 0.485. The quantitative estimate of drug-likeness (QED) is 0.803. The molecule has 3 heteroatoms. The fourth-order valence-corrected chi connectivity index (χ4v) is 2.82. The van der Waals surface area contributed by atoms with Gasteiger partial charge in [-0.1, -0.05) is 12.1 Å². The summed E-state index contributed by atoms with van der Waals surface area (Å²) in [6.07, 6.45) is 2.55. The van der Waals surface area contributed by atoms with Gasteiger partial charge in [-0.25, -0.2) is 0 Å². The molecule has 1 unspecified atom stereocenters. The van der Waals surface area contributed by atoms with E-state index in [1.54, 1.807) is 0 Å². The first-order chi connectivity index (χ1) is 8.33. The van der Waals surface area contributed by atoms with E-state index >= 15 is 0 Å². The second-order valence-electron chi connectivity index (χ2n) is 5.20. The van der Waals surface area contributed by atoms with Crippen LogP contribution in [0.5, 0.6) is 5.75 Å². The lowest BCUT2D eigenvalue weighted by atomic mass is 9.89. The number of benzene rings is 1. The minimum Gasteiger partial charge on any atom is -0.489 e. The summed E-state index contributed by atoms with van der Waals surface area (Å²) in [5, 5.41) is 3.64. The zero-order valence-electron chi connectivity index (χ0n) is 10.4. The van der Waals surface area contributed by atoms with Crippen LogP contribution < -0.4 is 10.1 Å². The van der Waals surface area contributed by atoms with Gasteiger partial charge in [0.15, 0.2) is 0 Å². The summed E-state index contributed by atoms with van der Waals surface area (Å²) >= 11 is 0. The van der Waals surface area contributed by atoms with Crippen molar-refractivity contribution in [2.75, 3.05) is 32.1 Å². The highest BCUT2D eigenvalue weighted by atomic mass is 16.5. The third-order valence-electron chi connectivity index (χ3n) is 3.98. The lowest BCUT2D eigenvalue weighted by Gasteiger charge is -2.37. The van der Waals surface area contributed by atoms with Crippen LogP contribution in [0.2, 0.25) is 0 Å². The first-order valence-corrected chi connectivity index (χ1v) is 6.50. The first-order valence-electron chi connectivity index (χ1n) is 6.50. The molecule has 0 aliphatic carbocycles. The van der Waals surface area contributed by atoms with E-state index in [2.05, 4.69) is 29.4 Å². The number of anilines is 1. The van der Waals surface area contributed by atoms with Gasteiger partial charge < -0.3 is 15.0 Å². The van der Waals surface area contributed by atoms with Crippen LogP contribution >= 0.6 is 0 Å². The van der Waals surface area contributed by atoms with E-state index in [4.69, 9.17) is 4.74 Å². The lowest BCUT2D eigenvalue weighted by Crippen LogP contribution is -2.43. The van der Waals surface area contributed by atoms with E-state index in [0.29, 0.717) is 6.04 Å². The molecule has 1 saturated heterocycles. The molecular formula is C14H20N2O. The summed E-state index contributed by atoms with van der Waals surface area (Å²) in [7, 11) is 2.20. The number of fused-ring (bicyclic) bond motifs is 1. The number of hydrogen-bond donors (Lipinski definition) is 1. The van der Waals surface area contributed by atoms with Gasteiger partial charge in [0.05, 0.1) is 11.7 Å². The number of rotatable bonds is 1. The predicted octanol–water partition coefficient (Wildman–Crippen LogP) is 2.20. The standard InChI is InChI=1S/C14H20N2O/c1-16-8-6-11(7-9-16)13-10-17-14-5-3-2-4-12(14)15-13/h2-5,11,13,15H,6-10H2,1H3. The molecular weight excluding hydrogens is 212 g/mol. The van der Waals surface area contributed by atoms with Crippen LogP contribution in [0.3, 0.4) is 0 Å². The molecule has 3 nitrogen and oxygen atoms in total. The summed E-state index contributed by atoms with van der Waals surface area (Å²) in [5.41, 5.74) is 1.16. The zero-order chi connectivity index (χ0) is 11.7. The molecule has 17 heavy (non-hydrogen) atoms. The Morgan fingerprint density at radius 2 is 2.00 bits per heavy atom. The third kappa shape index (κ3) is 2.25. The van der Waals surface area contributed by atoms with Gasteiger partial charge in [0.1, 0.15) is 12.4 Å². The van der Waals surface area contributed by atoms with Gasteiger partial charge in [-0.05, 0) is 51.0 Å². The van der Waals surface area contributed by atoms with E-state index in [9.17, 15) is 0 Å². The highest BCUT2D eigenvalue weighted by Gasteiger charge is 2.28. The molecule has 1 aromatic rings. The summed E-state index contributed by atoms with van der Waals surface area (Å²) < 4.78 is 5.84. The maximum atomic E-state index is 5.84. The van der Waals surface area contributed by atoms with Crippen molar-refractivity contribution < 1.29 is 4.74 Å². The number of piperidine rings is 1. The Hall–Kier alpha value is -1.22. The molecule has 2 aliphatic heterocycles. The highest BCUT2D eigenvalue weighted by Crippen LogP contribution is 2.32. The summed E-state index contributed by atoms with van der Waals surface area (Å²) in [6.45, 7) is 3.24. The Bertz CT molecular complexity index is 386. The molecule has 0 saturated carbocycles. The van der Waals surface area contributed by atoms with Gasteiger partial charge in [0, 0.05) is 0 Å². The highest BCUT2D eigenvalue weighted by molar-refractivity contribution is 5.58. The summed E-state index contributed by atoms with van der Waals surface area (Å²) in [5.74, 6) is 1.75. The van der Waals surface area contributed by atoms with Gasteiger partial charge >= 0.3 is 0 Å². The maximum Gasteiger partial charge on any atom is 0.142 e. The number of hydrogen-bond acceptors (Lipinski definition) is 3. The molecule has 92 valence electrons. The predicted molar refractivity (Wildman–Crippen MR) is 69.6 cm³/mol. The zero-order valence-corrected chi connectivity index (χ0v) is 10.4. The Labute approximate surface area is 103 Å². The smallest absolute Gasteiger partial charge is 0.142 e. The molecule has 0 spiro atoms. The Balaban J connectivity index is 1.68. The van der Waals surface area contributed by atoms with Crippen molar-refractivity contribution in [1.29, 1.82) is 0 Å². The van der Waals surface area contributed by atoms with Gasteiger partial charge in [-0.2, -0.15) is 0 Å². The normalized spacial score (nSPS) is 25.8. The van der Waals surface area contributed by atoms with Crippen molar-refractivity contribution in [2.24, 2.45) is 5.92 Å². The molecule has 2 heterocycles. The van der Waals surface area contributed by atoms with Crippen molar-refractivity contribution in [3.8, 4) is 5.75 Å². The Morgan fingerprint density at radius 3 is 2.82 bits per heavy atom. The first kappa shape index (κ1) is 10.9. The van der Waals surface area contributed by atoms with Crippen LogP contribution in [0.1, 0.15) is 12.8 Å². The second kappa shape index (κ2) is 4.57. The largest absolute Gasteiger partial charge is 0.489 e. The van der Waals surface area contributed by atoms with Crippen molar-refractivity contribution in [1.82, 2.24) is 4.90 Å². The van der Waals surface area contributed by atoms with Crippen molar-refractivity contribution >= 4 is 5.69 Å². The van der Waals surface area contributed by atoms with Crippen LogP contribution in [0.25, 0.3) is 0 Å². The van der Waals surface area contributed by atoms with Gasteiger partial charge in [-0.15, -0.1) is 0 Å². The van der Waals surface area contributed by atoms with E-state index in [1.807, 2.05) is 12.1 Å². The number of ether oxygens (including phenoxy) is 1. The minimum atomic E-state index is 0.485. The van der Waals surface area contributed by atoms with E-state index in [0.717, 1.165) is 24.0 Å². The average molecular weight is 232 g/mol. The lowest BCUT2D eigenvalue weighted by molar-refractivity contribution is 0.169. The Kier molecular flexibility index (Phi) is 2.93. The van der Waals surface area contributed by atoms with E-state index in [1.165, 1.54) is 25.9 Å². The van der Waals surface area contributed by atoms with Crippen LogP contribution in [-0.4, -0.2) is 37.7 Å². The van der Waals surface area contributed by atoms with E-state index in [-0.39, 0.29) is 0 Å². The fraction of sp³-hybridized carbons (Fsp3) is 0.571. The second-order valence-corrected chi connectivity index (χ2v) is 5.20. The summed E-state index contributed by atoms with van der Waals surface area (Å²) in [4.78, 5) is 2.41. The van der Waals surface area contributed by atoms with Crippen molar-refractivity contribution in [3.05, 3.63) is 24.3 Å². The SMILES string of the molecule is CN1CCC(C2COc3ccccc3N2)CC1. The van der Waals surface area contributed by atoms with Gasteiger partial charge in [0.25, 0.3) is 0 Å². The molecule has 1 atom stereocenters. The third-order valence-corrected chi connectivity index (χ3v) is 3.98. The van der Waals surface area contributed by atoms with Crippen LogP contribution in [0, 0.1) is 5.92 Å². The molecule has 0 radical (unpaired) electrons. The van der Waals surface area contributed by atoms with Crippen LogP contribution in [0.15, 0.2) is 24.3 Å². The van der Waals surface area contributed by atoms with Gasteiger partial charge in [-0.3, -0.25) is 0 Å². The molecule has 2 aliphatic rings. The molecule has 3 rings (SSSR count). The molecule has 0 bridgehead atoms. The fourth-order valence-electron chi connectivity index (χ4n) is 2.82. The number of para-hydroxylation sites is 2. The number of nitrogens with one attached hydrogen (secondary N) is 1. The monoisotopic (exact) mass is 232 g/mol. The van der Waals surface area contributed by atoms with Crippen molar-refractivity contribution in [3.63, 3.8) is 0 Å². The average Bonchev–Trinajstić information content (AvgIpc) is 2.39. The maximum absolute atomic E-state index is 5.84. The summed E-state index contributed by atoms with van der Waals surface area (Å²) in [6, 6.07) is 8.71. The van der Waals surface area contributed by atoms with Crippen molar-refractivity contribution in [2.45, 2.75) is 18.9 Å². The Morgan fingerprint density at radius 1 is 1.24 bits per heavy atom. The van der Waals surface area contributed by atoms with Crippen LogP contribution in [0.4, 0.5) is 5.69 Å². The number of nitrogens with zero attached hydrogens (tertiary/aromatic N) is 1. The van der Waals surface area contributed by atoms with Gasteiger partial charge in [0.2, 0.25) is 0 Å². The molecule has 1 N–H and O–H groups in total. The molecule has 0 amide bonds.